The van der Waals surface area contributed by atoms with Crippen molar-refractivity contribution in [2.24, 2.45) is 0 Å². The summed E-state index contributed by atoms with van der Waals surface area (Å²) < 4.78 is 6.46. The molecule has 0 aliphatic rings. The third kappa shape index (κ3) is 2.88. The average molecular weight is 418 g/mol. The van der Waals surface area contributed by atoms with Gasteiger partial charge in [0, 0.05) is 22.5 Å². The maximum Gasteiger partial charge on any atom is 0.144 e. The average Bonchev–Trinajstić information content (AvgIpc) is 3.15. The molecular formula is C28H23NOSi. The molecule has 4 aromatic carbocycles. The van der Waals surface area contributed by atoms with Crippen LogP contribution in [-0.2, 0) is 0 Å². The Morgan fingerprint density at radius 1 is 0.677 bits per heavy atom. The summed E-state index contributed by atoms with van der Waals surface area (Å²) in [5, 5.41) is 8.62. The summed E-state index contributed by atoms with van der Waals surface area (Å²) in [6.45, 7) is 7.04. The molecular weight excluding hydrogens is 394 g/mol. The normalized spacial score (nSPS) is 12.4. The smallest absolute Gasteiger partial charge is 0.144 e. The molecule has 0 saturated heterocycles. The van der Waals surface area contributed by atoms with Crippen LogP contribution in [0.15, 0.2) is 89.5 Å². The van der Waals surface area contributed by atoms with Crippen LogP contribution in [0.25, 0.3) is 54.7 Å². The maximum atomic E-state index is 6.46. The number of para-hydroxylation sites is 1. The molecule has 0 radical (unpaired) electrons. The first-order valence-electron chi connectivity index (χ1n) is 10.7. The lowest BCUT2D eigenvalue weighted by atomic mass is 9.99. The molecule has 0 aliphatic carbocycles. The van der Waals surface area contributed by atoms with E-state index in [-0.39, 0.29) is 0 Å². The number of rotatable bonds is 2. The van der Waals surface area contributed by atoms with Gasteiger partial charge in [-0.3, -0.25) is 4.98 Å². The van der Waals surface area contributed by atoms with Crippen LogP contribution in [0.1, 0.15) is 0 Å². The van der Waals surface area contributed by atoms with Crippen LogP contribution in [-0.4, -0.2) is 13.1 Å². The third-order valence-electron chi connectivity index (χ3n) is 6.27. The molecule has 2 nitrogen and oxygen atoms in total. The molecule has 3 heteroatoms. The van der Waals surface area contributed by atoms with Crippen molar-refractivity contribution in [2.45, 2.75) is 19.6 Å². The van der Waals surface area contributed by atoms with E-state index in [2.05, 4.69) is 98.5 Å². The van der Waals surface area contributed by atoms with E-state index in [1.54, 1.807) is 0 Å². The highest BCUT2D eigenvalue weighted by molar-refractivity contribution is 6.88. The fraction of sp³-hybridized carbons (Fsp3) is 0.107. The molecule has 2 heterocycles. The molecule has 150 valence electrons. The molecule has 0 bridgehead atoms. The van der Waals surface area contributed by atoms with Gasteiger partial charge in [-0.15, -0.1) is 0 Å². The van der Waals surface area contributed by atoms with Crippen molar-refractivity contribution in [1.29, 1.82) is 0 Å². The topological polar surface area (TPSA) is 26.0 Å². The van der Waals surface area contributed by atoms with Crippen LogP contribution in [0.2, 0.25) is 19.6 Å². The van der Waals surface area contributed by atoms with Crippen LogP contribution in [0.5, 0.6) is 0 Å². The summed E-state index contributed by atoms with van der Waals surface area (Å²) in [5.41, 5.74) is 3.83. The molecule has 0 saturated carbocycles. The van der Waals surface area contributed by atoms with Crippen LogP contribution >= 0.6 is 0 Å². The lowest BCUT2D eigenvalue weighted by Gasteiger charge is -2.16. The second-order valence-electron chi connectivity index (χ2n) is 9.32. The van der Waals surface area contributed by atoms with E-state index in [0.29, 0.717) is 0 Å². The van der Waals surface area contributed by atoms with Gasteiger partial charge in [-0.1, -0.05) is 74.2 Å². The summed E-state index contributed by atoms with van der Waals surface area (Å²) >= 11 is 0. The number of pyridine rings is 1. The van der Waals surface area contributed by atoms with E-state index in [9.17, 15) is 0 Å². The molecule has 0 unspecified atom stereocenters. The van der Waals surface area contributed by atoms with Crippen molar-refractivity contribution >= 4 is 56.7 Å². The predicted molar refractivity (Wildman–Crippen MR) is 135 cm³/mol. The summed E-state index contributed by atoms with van der Waals surface area (Å²) in [6.07, 6.45) is 2.05. The summed E-state index contributed by atoms with van der Waals surface area (Å²) in [4.78, 5) is 4.81. The van der Waals surface area contributed by atoms with Gasteiger partial charge >= 0.3 is 0 Å². The third-order valence-corrected chi connectivity index (χ3v) is 8.30. The highest BCUT2D eigenvalue weighted by Crippen LogP contribution is 2.38. The van der Waals surface area contributed by atoms with E-state index in [4.69, 9.17) is 9.40 Å². The summed E-state index contributed by atoms with van der Waals surface area (Å²) in [5.74, 6) is 0. The van der Waals surface area contributed by atoms with Gasteiger partial charge in [-0.25, -0.2) is 0 Å². The Kier molecular flexibility index (Phi) is 3.86. The van der Waals surface area contributed by atoms with Gasteiger partial charge < -0.3 is 4.42 Å². The monoisotopic (exact) mass is 417 g/mol. The van der Waals surface area contributed by atoms with Crippen molar-refractivity contribution in [2.75, 3.05) is 0 Å². The zero-order chi connectivity index (χ0) is 21.2. The zero-order valence-electron chi connectivity index (χ0n) is 17.9. The number of hydrogen-bond acceptors (Lipinski definition) is 2. The zero-order valence-corrected chi connectivity index (χ0v) is 18.9. The Morgan fingerprint density at radius 3 is 2.29 bits per heavy atom. The van der Waals surface area contributed by atoms with Crippen LogP contribution < -0.4 is 5.19 Å². The minimum atomic E-state index is -1.37. The van der Waals surface area contributed by atoms with Gasteiger partial charge in [0.2, 0.25) is 0 Å². The summed E-state index contributed by atoms with van der Waals surface area (Å²) in [7, 11) is -1.37. The lowest BCUT2D eigenvalue weighted by Crippen LogP contribution is -2.37. The Bertz CT molecular complexity index is 1600. The van der Waals surface area contributed by atoms with Crippen molar-refractivity contribution in [3.63, 3.8) is 0 Å². The first-order chi connectivity index (χ1) is 15.0. The highest BCUT2D eigenvalue weighted by atomic mass is 28.3. The first-order valence-corrected chi connectivity index (χ1v) is 14.2. The Labute approximate surface area is 182 Å². The quantitative estimate of drug-likeness (QED) is 0.215. The molecule has 0 spiro atoms. The molecule has 0 N–H and O–H groups in total. The molecule has 6 rings (SSSR count). The largest absolute Gasteiger partial charge is 0.455 e. The van der Waals surface area contributed by atoms with Gasteiger partial charge in [0.15, 0.2) is 0 Å². The fourth-order valence-corrected chi connectivity index (χ4v) is 5.53. The fourth-order valence-electron chi connectivity index (χ4n) is 4.50. The molecule has 31 heavy (non-hydrogen) atoms. The lowest BCUT2D eigenvalue weighted by molar-refractivity contribution is 0.670. The van der Waals surface area contributed by atoms with E-state index in [0.717, 1.165) is 33.2 Å². The highest BCUT2D eigenvalue weighted by Gasteiger charge is 2.18. The number of hydrogen-bond donors (Lipinski definition) is 0. The number of benzene rings is 4. The van der Waals surface area contributed by atoms with Crippen molar-refractivity contribution in [1.82, 2.24) is 4.98 Å². The Hall–Kier alpha value is -3.43. The standard InChI is InChI=1S/C28H23NOSi/c1-31(2,3)20-13-14-26(29-17-20)23-10-6-9-22-25-15-19-12-11-18-7-4-5-8-21(18)24(19)16-27(25)30-28(22)23/h4-17H,1-3H3. The molecule has 0 fully saturated rings. The van der Waals surface area contributed by atoms with Crippen molar-refractivity contribution in [3.8, 4) is 11.3 Å². The SMILES string of the molecule is C[Si](C)(C)c1ccc(-c2cccc3c2oc2cc4c(ccc5ccccc54)cc23)nc1. The van der Waals surface area contributed by atoms with Crippen molar-refractivity contribution < 1.29 is 4.42 Å². The number of aromatic nitrogens is 1. The van der Waals surface area contributed by atoms with E-state index >= 15 is 0 Å². The van der Waals surface area contributed by atoms with Gasteiger partial charge in [-0.05, 0) is 51.0 Å². The van der Waals surface area contributed by atoms with E-state index < -0.39 is 8.07 Å². The predicted octanol–water partition coefficient (Wildman–Crippen LogP) is 7.50. The van der Waals surface area contributed by atoms with Crippen molar-refractivity contribution in [3.05, 3.63) is 85.1 Å². The first kappa shape index (κ1) is 18.3. The van der Waals surface area contributed by atoms with E-state index in [1.165, 1.54) is 26.7 Å². The maximum absolute atomic E-state index is 6.46. The molecule has 0 atom stereocenters. The molecule has 0 amide bonds. The van der Waals surface area contributed by atoms with Gasteiger partial charge in [0.25, 0.3) is 0 Å². The summed E-state index contributed by atoms with van der Waals surface area (Å²) in [6, 6.07) is 28.1. The van der Waals surface area contributed by atoms with Gasteiger partial charge in [0.1, 0.15) is 11.2 Å². The second-order valence-corrected chi connectivity index (χ2v) is 14.4. The molecule has 0 aliphatic heterocycles. The number of fused-ring (bicyclic) bond motifs is 6. The van der Waals surface area contributed by atoms with E-state index in [1.807, 2.05) is 6.20 Å². The number of furan rings is 1. The van der Waals surface area contributed by atoms with Crippen LogP contribution in [0.3, 0.4) is 0 Å². The van der Waals surface area contributed by atoms with Crippen LogP contribution in [0, 0.1) is 0 Å². The second kappa shape index (κ2) is 6.53. The van der Waals surface area contributed by atoms with Crippen LogP contribution in [0.4, 0.5) is 0 Å². The molecule has 2 aromatic heterocycles. The Balaban J connectivity index is 1.60. The number of nitrogens with zero attached hydrogens (tertiary/aromatic N) is 1. The van der Waals surface area contributed by atoms with Gasteiger partial charge in [-0.2, -0.15) is 0 Å². The molecule has 6 aromatic rings. The van der Waals surface area contributed by atoms with Gasteiger partial charge in [0.05, 0.1) is 13.8 Å². The minimum Gasteiger partial charge on any atom is -0.455 e. The minimum absolute atomic E-state index is 0.908. The Morgan fingerprint density at radius 2 is 1.48 bits per heavy atom.